The lowest BCUT2D eigenvalue weighted by atomic mass is 9.96. The summed E-state index contributed by atoms with van der Waals surface area (Å²) in [5.74, 6) is -1.82. The van der Waals surface area contributed by atoms with Crippen molar-refractivity contribution in [1.82, 2.24) is 0 Å². The second kappa shape index (κ2) is 12.9. The molecule has 0 spiro atoms. The van der Waals surface area contributed by atoms with Crippen LogP contribution in [0.2, 0.25) is 0 Å². The summed E-state index contributed by atoms with van der Waals surface area (Å²) in [5.41, 5.74) is 0.163. The maximum atomic E-state index is 9.87. The van der Waals surface area contributed by atoms with E-state index in [2.05, 4.69) is 53.8 Å². The van der Waals surface area contributed by atoms with Crippen molar-refractivity contribution in [3.05, 3.63) is 12.2 Å². The Kier molecular flexibility index (Phi) is 13.3. The molecule has 0 aliphatic carbocycles. The van der Waals surface area contributed by atoms with E-state index in [1.54, 1.807) is 0 Å². The van der Waals surface area contributed by atoms with E-state index in [0.717, 1.165) is 0 Å². The second-order valence-electron chi connectivity index (χ2n) is 7.74. The minimum atomic E-state index is -1.51. The van der Waals surface area contributed by atoms with E-state index in [1.165, 1.54) is 0 Å². The third kappa shape index (κ3) is 18.7. The molecule has 0 amide bonds. The van der Waals surface area contributed by atoms with Crippen LogP contribution in [-0.4, -0.2) is 53.1 Å². The van der Waals surface area contributed by atoms with Crippen molar-refractivity contribution in [1.29, 1.82) is 0 Å². The molecular formula is C18H35NO6. The van der Waals surface area contributed by atoms with Gasteiger partial charge in [-0.3, -0.25) is 0 Å². The smallest absolute Gasteiger partial charge is 0.328 e. The van der Waals surface area contributed by atoms with Crippen LogP contribution in [0.1, 0.15) is 48.5 Å². The van der Waals surface area contributed by atoms with Crippen molar-refractivity contribution < 1.29 is 35.0 Å². The number of hydrogen-bond acceptors (Lipinski definition) is 5. The first kappa shape index (κ1) is 25.8. The number of carboxylic acid groups (broad SMARTS) is 2. The number of nitrogens with two attached hydrogens (primary N) is 1. The summed E-state index contributed by atoms with van der Waals surface area (Å²) in [4.78, 5) is 19.0. The highest BCUT2D eigenvalue weighted by Gasteiger charge is 2.21. The molecule has 25 heavy (non-hydrogen) atoms. The first-order valence-corrected chi connectivity index (χ1v) is 8.52. The first-order chi connectivity index (χ1) is 11.3. The maximum Gasteiger partial charge on any atom is 0.328 e. The van der Waals surface area contributed by atoms with Gasteiger partial charge in [0.05, 0.1) is 24.2 Å². The lowest BCUT2D eigenvalue weighted by molar-refractivity contribution is -0.722. The van der Waals surface area contributed by atoms with Crippen molar-refractivity contribution in [2.24, 2.45) is 11.8 Å². The van der Waals surface area contributed by atoms with Gasteiger partial charge in [0.25, 0.3) is 0 Å². The van der Waals surface area contributed by atoms with Crippen molar-refractivity contribution in [2.75, 3.05) is 13.2 Å². The Balaban J connectivity index is 0. The molecular weight excluding hydrogens is 326 g/mol. The fraction of sp³-hybridized carbons (Fsp3) is 0.778. The number of rotatable bonds is 9. The number of aliphatic hydroxyl groups is 1. The first-order valence-electron chi connectivity index (χ1n) is 8.52. The van der Waals surface area contributed by atoms with Crippen molar-refractivity contribution >= 4 is 11.9 Å². The molecule has 0 heterocycles. The topological polar surface area (TPSA) is 124 Å². The third-order valence-corrected chi connectivity index (χ3v) is 3.16. The van der Waals surface area contributed by atoms with Gasteiger partial charge < -0.3 is 30.2 Å². The van der Waals surface area contributed by atoms with Crippen molar-refractivity contribution in [2.45, 2.75) is 66.2 Å². The van der Waals surface area contributed by atoms with Gasteiger partial charge in [-0.1, -0.05) is 27.7 Å². The highest BCUT2D eigenvalue weighted by molar-refractivity contribution is 5.88. The number of ether oxygens (including phenoxy) is 1. The molecule has 7 nitrogen and oxygen atoms in total. The Labute approximate surface area is 151 Å². The van der Waals surface area contributed by atoms with Gasteiger partial charge in [0.1, 0.15) is 12.6 Å². The van der Waals surface area contributed by atoms with Gasteiger partial charge in [0.2, 0.25) is 0 Å². The van der Waals surface area contributed by atoms with Gasteiger partial charge in [-0.15, -0.1) is 0 Å². The van der Waals surface area contributed by atoms with E-state index in [9.17, 15) is 19.8 Å². The molecule has 0 aromatic carbocycles. The average molecular weight is 361 g/mol. The number of aliphatic carboxylic acids is 2. The van der Waals surface area contributed by atoms with E-state index in [0.29, 0.717) is 37.1 Å². The average Bonchev–Trinajstić information content (AvgIpc) is 2.42. The van der Waals surface area contributed by atoms with Gasteiger partial charge in [-0.05, 0) is 38.7 Å². The molecule has 0 bridgehead atoms. The van der Waals surface area contributed by atoms with Crippen molar-refractivity contribution in [3.63, 3.8) is 0 Å². The number of quaternary nitrogens is 1. The van der Waals surface area contributed by atoms with Gasteiger partial charge in [0.15, 0.2) is 0 Å². The quantitative estimate of drug-likeness (QED) is 0.488. The zero-order valence-corrected chi connectivity index (χ0v) is 16.5. The molecule has 7 heteroatoms. The standard InChI is InChI=1S/C14H31NO2.C4H4O4/c1-10(2)13(11(3)4)17-9-12(16)8-15-14(5,6)7;5-3(6)1-2-4(7)8/h10-13,15-16H,8-9H2,1-7H3;1-2H,(H,5,6)(H,7,8)/b;2-1+. The predicted molar refractivity (Wildman–Crippen MR) is 93.8 cm³/mol. The molecule has 1 unspecified atom stereocenters. The molecule has 0 aliphatic rings. The Morgan fingerprint density at radius 2 is 1.60 bits per heavy atom. The molecule has 0 aliphatic heterocycles. The molecule has 4 N–H and O–H groups in total. The zero-order chi connectivity index (χ0) is 20.2. The summed E-state index contributed by atoms with van der Waals surface area (Å²) >= 11 is 0. The normalized spacial score (nSPS) is 13.2. The van der Waals surface area contributed by atoms with Crippen LogP contribution in [-0.2, 0) is 14.3 Å². The second-order valence-corrected chi connectivity index (χ2v) is 7.74. The largest absolute Gasteiger partial charge is 0.545 e. The Morgan fingerprint density at radius 3 is 1.88 bits per heavy atom. The maximum absolute atomic E-state index is 9.87. The van der Waals surface area contributed by atoms with Crippen LogP contribution in [0.4, 0.5) is 0 Å². The van der Waals surface area contributed by atoms with Crippen LogP contribution < -0.4 is 10.4 Å². The van der Waals surface area contributed by atoms with E-state index < -0.39 is 11.9 Å². The molecule has 0 aromatic rings. The minimum Gasteiger partial charge on any atom is -0.545 e. The van der Waals surface area contributed by atoms with Crippen LogP contribution >= 0.6 is 0 Å². The number of aliphatic hydroxyl groups excluding tert-OH is 1. The highest BCUT2D eigenvalue weighted by Crippen LogP contribution is 2.16. The Morgan fingerprint density at radius 1 is 1.12 bits per heavy atom. The number of carbonyl (C=O) groups excluding carboxylic acids is 1. The fourth-order valence-electron chi connectivity index (χ4n) is 2.07. The fourth-order valence-corrected chi connectivity index (χ4v) is 2.07. The number of carboxylic acids is 2. The monoisotopic (exact) mass is 361 g/mol. The third-order valence-electron chi connectivity index (χ3n) is 3.16. The van der Waals surface area contributed by atoms with Crippen LogP contribution in [0.3, 0.4) is 0 Å². The minimum absolute atomic E-state index is 0.163. The molecule has 0 saturated heterocycles. The molecule has 0 aromatic heterocycles. The van der Waals surface area contributed by atoms with Crippen molar-refractivity contribution in [3.8, 4) is 0 Å². The molecule has 1 atom stereocenters. The summed E-state index contributed by atoms with van der Waals surface area (Å²) < 4.78 is 5.82. The lowest BCUT2D eigenvalue weighted by Gasteiger charge is -2.27. The molecule has 0 saturated carbocycles. The van der Waals surface area contributed by atoms with Gasteiger partial charge in [-0.2, -0.15) is 0 Å². The summed E-state index contributed by atoms with van der Waals surface area (Å²) in [6.07, 6.45) is 0.797. The lowest BCUT2D eigenvalue weighted by Crippen LogP contribution is -2.96. The summed E-state index contributed by atoms with van der Waals surface area (Å²) in [7, 11) is 0. The Hall–Kier alpha value is -1.44. The van der Waals surface area contributed by atoms with Crippen LogP contribution in [0.5, 0.6) is 0 Å². The predicted octanol–water partition coefficient (Wildman–Crippen LogP) is -0.216. The van der Waals surface area contributed by atoms with Gasteiger partial charge in [0, 0.05) is 6.08 Å². The summed E-state index contributed by atoms with van der Waals surface area (Å²) in [5, 5.41) is 29.2. The Bertz CT molecular complexity index is 388. The highest BCUT2D eigenvalue weighted by atomic mass is 16.5. The SMILES string of the molecule is CC(C)C(OCC(O)C[NH2+]C(C)(C)C)C(C)C.O=C([O-])/C=C/C(=O)O. The van der Waals surface area contributed by atoms with E-state index in [-0.39, 0.29) is 17.7 Å². The molecule has 0 fully saturated rings. The van der Waals surface area contributed by atoms with E-state index in [1.807, 2.05) is 0 Å². The number of carbonyl (C=O) groups is 2. The van der Waals surface area contributed by atoms with Crippen LogP contribution in [0.25, 0.3) is 0 Å². The molecule has 148 valence electrons. The van der Waals surface area contributed by atoms with Crippen LogP contribution in [0, 0.1) is 11.8 Å². The van der Waals surface area contributed by atoms with E-state index in [4.69, 9.17) is 9.84 Å². The molecule has 0 rings (SSSR count). The zero-order valence-electron chi connectivity index (χ0n) is 16.5. The summed E-state index contributed by atoms with van der Waals surface area (Å²) in [6, 6.07) is 0. The molecule has 0 radical (unpaired) electrons. The van der Waals surface area contributed by atoms with Gasteiger partial charge in [-0.25, -0.2) is 4.79 Å². The van der Waals surface area contributed by atoms with Gasteiger partial charge >= 0.3 is 5.97 Å². The van der Waals surface area contributed by atoms with Crippen LogP contribution in [0.15, 0.2) is 12.2 Å². The number of hydrogen-bond donors (Lipinski definition) is 3. The summed E-state index contributed by atoms with van der Waals surface area (Å²) in [6.45, 7) is 16.2. The van der Waals surface area contributed by atoms with E-state index >= 15 is 0 Å².